The maximum Gasteiger partial charge on any atom is 0.111 e. The van der Waals surface area contributed by atoms with Crippen LogP contribution in [0.15, 0.2) is 0 Å². The highest BCUT2D eigenvalue weighted by atomic mass is 35.5. The summed E-state index contributed by atoms with van der Waals surface area (Å²) < 4.78 is 0. The fourth-order valence-corrected chi connectivity index (χ4v) is 1.19. The van der Waals surface area contributed by atoms with Crippen LogP contribution in [0.3, 0.4) is 0 Å². The van der Waals surface area contributed by atoms with Crippen molar-refractivity contribution in [1.29, 1.82) is 0 Å². The summed E-state index contributed by atoms with van der Waals surface area (Å²) in [5, 5.41) is 9.12. The van der Waals surface area contributed by atoms with Gasteiger partial charge in [-0.25, -0.2) is 0 Å². The van der Waals surface area contributed by atoms with Gasteiger partial charge in [0, 0.05) is 6.42 Å². The molecule has 0 saturated heterocycles. The molecule has 0 aromatic carbocycles. The van der Waals surface area contributed by atoms with Gasteiger partial charge < -0.3 is 23.2 Å². The van der Waals surface area contributed by atoms with E-state index in [4.69, 9.17) is 5.11 Å². The smallest absolute Gasteiger partial charge is 0.111 e. The average molecular weight is 152 g/mol. The van der Waals surface area contributed by atoms with Gasteiger partial charge in [-0.05, 0) is 12.8 Å². The molecule has 0 amide bonds. The van der Waals surface area contributed by atoms with Gasteiger partial charge in [-0.3, -0.25) is 0 Å². The van der Waals surface area contributed by atoms with Gasteiger partial charge in [-0.15, -0.1) is 0 Å². The van der Waals surface area contributed by atoms with Crippen molar-refractivity contribution in [1.82, 2.24) is 0 Å². The second-order valence-electron chi connectivity index (χ2n) is 2.61. The van der Waals surface area contributed by atoms with E-state index in [9.17, 15) is 0 Å². The average Bonchev–Trinajstić information content (AvgIpc) is 1.77. The Balaban J connectivity index is 0.000000640. The number of hydrogen-bond acceptors (Lipinski definition) is 1. The van der Waals surface area contributed by atoms with Gasteiger partial charge in [0.1, 0.15) is 12.1 Å². The molecule has 0 heterocycles. The molecule has 0 aromatic rings. The van der Waals surface area contributed by atoms with Crippen LogP contribution in [0, 0.1) is 0 Å². The van der Waals surface area contributed by atoms with E-state index in [1.807, 2.05) is 0 Å². The van der Waals surface area contributed by atoms with E-state index in [0.717, 1.165) is 12.8 Å². The second kappa shape index (κ2) is 4.09. The van der Waals surface area contributed by atoms with Crippen LogP contribution >= 0.6 is 0 Å². The van der Waals surface area contributed by atoms with Crippen LogP contribution in [0.5, 0.6) is 0 Å². The number of aliphatic hydroxyl groups excluding tert-OH is 1. The molecule has 0 radical (unpaired) electrons. The summed E-state index contributed by atoms with van der Waals surface area (Å²) in [5.74, 6) is 0. The zero-order chi connectivity index (χ0) is 5.98. The number of quaternary nitrogens is 1. The Morgan fingerprint density at radius 3 is 2.11 bits per heavy atom. The molecule has 1 rings (SSSR count). The van der Waals surface area contributed by atoms with Crippen molar-refractivity contribution in [3.8, 4) is 0 Å². The van der Waals surface area contributed by atoms with Crippen molar-refractivity contribution in [2.45, 2.75) is 37.8 Å². The molecule has 2 atom stereocenters. The molecule has 0 unspecified atom stereocenters. The highest BCUT2D eigenvalue weighted by Crippen LogP contribution is 2.14. The maximum atomic E-state index is 9.12. The minimum Gasteiger partial charge on any atom is -1.00 e. The molecule has 1 aliphatic carbocycles. The lowest BCUT2D eigenvalue weighted by Crippen LogP contribution is -3.00. The van der Waals surface area contributed by atoms with Crippen molar-refractivity contribution < 1.29 is 23.2 Å². The van der Waals surface area contributed by atoms with Crippen molar-refractivity contribution in [3.63, 3.8) is 0 Å². The Morgan fingerprint density at radius 2 is 1.78 bits per heavy atom. The second-order valence-corrected chi connectivity index (χ2v) is 2.61. The molecule has 1 aliphatic rings. The van der Waals surface area contributed by atoms with E-state index in [1.165, 1.54) is 12.8 Å². The van der Waals surface area contributed by atoms with E-state index in [2.05, 4.69) is 5.73 Å². The predicted molar refractivity (Wildman–Crippen MR) is 31.2 cm³/mol. The first-order chi connectivity index (χ1) is 3.80. The minimum atomic E-state index is -0.108. The summed E-state index contributed by atoms with van der Waals surface area (Å²) in [7, 11) is 0. The Morgan fingerprint density at radius 1 is 1.22 bits per heavy atom. The molecule has 0 aliphatic heterocycles. The Hall–Kier alpha value is 0.210. The molecule has 0 spiro atoms. The first-order valence-corrected chi connectivity index (χ1v) is 3.32. The molecule has 3 heteroatoms. The molecule has 0 bridgehead atoms. The molecule has 2 nitrogen and oxygen atoms in total. The normalized spacial score (nSPS) is 35.3. The Kier molecular flexibility index (Phi) is 4.19. The summed E-state index contributed by atoms with van der Waals surface area (Å²) in [4.78, 5) is 0. The van der Waals surface area contributed by atoms with Crippen LogP contribution in [-0.4, -0.2) is 17.3 Å². The van der Waals surface area contributed by atoms with E-state index < -0.39 is 0 Å². The van der Waals surface area contributed by atoms with Crippen LogP contribution < -0.4 is 18.1 Å². The van der Waals surface area contributed by atoms with E-state index in [-0.39, 0.29) is 18.5 Å². The molecule has 1 saturated carbocycles. The first-order valence-electron chi connectivity index (χ1n) is 3.32. The van der Waals surface area contributed by atoms with Gasteiger partial charge in [0.15, 0.2) is 0 Å². The van der Waals surface area contributed by atoms with Gasteiger partial charge in [0.05, 0.1) is 0 Å². The number of halogens is 1. The summed E-state index contributed by atoms with van der Waals surface area (Å²) in [5.41, 5.74) is 3.83. The zero-order valence-electron chi connectivity index (χ0n) is 5.52. The molecule has 1 fully saturated rings. The lowest BCUT2D eigenvalue weighted by atomic mass is 9.94. The highest BCUT2D eigenvalue weighted by Gasteiger charge is 2.21. The third-order valence-electron chi connectivity index (χ3n) is 1.87. The lowest BCUT2D eigenvalue weighted by molar-refractivity contribution is -0.442. The summed E-state index contributed by atoms with van der Waals surface area (Å²) in [6.45, 7) is 0. The van der Waals surface area contributed by atoms with Crippen molar-refractivity contribution >= 4 is 0 Å². The lowest BCUT2D eigenvalue weighted by Gasteiger charge is -2.20. The number of rotatable bonds is 0. The number of hydrogen-bond donors (Lipinski definition) is 2. The third kappa shape index (κ3) is 2.52. The van der Waals surface area contributed by atoms with Crippen LogP contribution in [0.2, 0.25) is 0 Å². The van der Waals surface area contributed by atoms with E-state index in [1.54, 1.807) is 0 Å². The fraction of sp³-hybridized carbons (Fsp3) is 1.00. The Bertz CT molecular complexity index is 69.5. The van der Waals surface area contributed by atoms with Gasteiger partial charge >= 0.3 is 0 Å². The van der Waals surface area contributed by atoms with Crippen molar-refractivity contribution in [3.05, 3.63) is 0 Å². The largest absolute Gasteiger partial charge is 1.00 e. The van der Waals surface area contributed by atoms with Gasteiger partial charge in [-0.1, -0.05) is 6.42 Å². The molecule has 56 valence electrons. The van der Waals surface area contributed by atoms with Gasteiger partial charge in [-0.2, -0.15) is 0 Å². The third-order valence-corrected chi connectivity index (χ3v) is 1.87. The summed E-state index contributed by atoms with van der Waals surface area (Å²) in [6.07, 6.45) is 4.41. The van der Waals surface area contributed by atoms with Gasteiger partial charge in [0.2, 0.25) is 0 Å². The van der Waals surface area contributed by atoms with Crippen LogP contribution in [-0.2, 0) is 0 Å². The number of aliphatic hydroxyl groups is 1. The monoisotopic (exact) mass is 151 g/mol. The molecular formula is C6H14ClNO. The van der Waals surface area contributed by atoms with Gasteiger partial charge in [0.25, 0.3) is 0 Å². The van der Waals surface area contributed by atoms with Crippen LogP contribution in [0.25, 0.3) is 0 Å². The van der Waals surface area contributed by atoms with Crippen LogP contribution in [0.4, 0.5) is 0 Å². The van der Waals surface area contributed by atoms with Crippen molar-refractivity contribution in [2.75, 3.05) is 0 Å². The quantitative estimate of drug-likeness (QED) is 0.372. The zero-order valence-corrected chi connectivity index (χ0v) is 6.27. The highest BCUT2D eigenvalue weighted by molar-refractivity contribution is 4.70. The predicted octanol–water partition coefficient (Wildman–Crippen LogP) is -3.46. The fourth-order valence-electron chi connectivity index (χ4n) is 1.19. The maximum absolute atomic E-state index is 9.12. The van der Waals surface area contributed by atoms with Crippen LogP contribution in [0.1, 0.15) is 25.7 Å². The molecular weight excluding hydrogens is 138 g/mol. The summed E-state index contributed by atoms with van der Waals surface area (Å²) >= 11 is 0. The molecule has 0 aromatic heterocycles. The van der Waals surface area contributed by atoms with E-state index in [0.29, 0.717) is 6.04 Å². The minimum absolute atomic E-state index is 0. The first kappa shape index (κ1) is 9.21. The topological polar surface area (TPSA) is 47.9 Å². The summed E-state index contributed by atoms with van der Waals surface area (Å²) in [6, 6.07) is 0.309. The van der Waals surface area contributed by atoms with E-state index >= 15 is 0 Å². The standard InChI is InChI=1S/C6H13NO.ClH/c7-5-3-1-2-4-6(5)8;/h5-6,8H,1-4,7H2;1H/t5-,6+;/m0./s1. The molecule has 4 N–H and O–H groups in total. The molecule has 9 heavy (non-hydrogen) atoms. The van der Waals surface area contributed by atoms with Crippen molar-refractivity contribution in [2.24, 2.45) is 0 Å². The Labute approximate surface area is 61.8 Å². The SMILES string of the molecule is [Cl-].[NH3+][C@H]1CCCC[C@H]1O.